The summed E-state index contributed by atoms with van der Waals surface area (Å²) in [7, 11) is -8.72. The normalized spacial score (nSPS) is 12.6. The zero-order valence-corrected chi connectivity index (χ0v) is 17.0. The van der Waals surface area contributed by atoms with Crippen LogP contribution in [0.3, 0.4) is 0 Å². The number of hydrogen-bond acceptors (Lipinski definition) is 4. The van der Waals surface area contributed by atoms with Crippen molar-refractivity contribution in [2.45, 2.75) is 68.1 Å². The van der Waals surface area contributed by atoms with E-state index in [1.54, 1.807) is 0 Å². The van der Waals surface area contributed by atoms with E-state index in [0.717, 1.165) is 25.7 Å². The van der Waals surface area contributed by atoms with Crippen molar-refractivity contribution in [1.82, 2.24) is 0 Å². The van der Waals surface area contributed by atoms with Crippen LogP contribution in [0.5, 0.6) is 0 Å². The summed E-state index contributed by atoms with van der Waals surface area (Å²) < 4.78 is 64.6. The summed E-state index contributed by atoms with van der Waals surface area (Å²) in [5, 5.41) is 1.05. The van der Waals surface area contributed by atoms with Crippen molar-refractivity contribution in [2.24, 2.45) is 0 Å². The topological polar surface area (TPSA) is 109 Å². The third-order valence-electron chi connectivity index (χ3n) is 4.63. The first-order valence-corrected chi connectivity index (χ1v) is 12.0. The molecule has 6 nitrogen and oxygen atoms in total. The average Bonchev–Trinajstić information content (AvgIpc) is 2.58. The highest BCUT2D eigenvalue weighted by Gasteiger charge is 2.16. The van der Waals surface area contributed by atoms with Gasteiger partial charge >= 0.3 is 0 Å². The molecular formula is C19H26O6S2. The maximum atomic E-state index is 11.6. The van der Waals surface area contributed by atoms with Gasteiger partial charge in [-0.05, 0) is 53.4 Å². The first-order valence-electron chi connectivity index (χ1n) is 9.14. The fraction of sp³-hybridized carbons (Fsp3) is 0.474. The zero-order valence-electron chi connectivity index (χ0n) is 15.4. The van der Waals surface area contributed by atoms with E-state index in [9.17, 15) is 25.9 Å². The summed E-state index contributed by atoms with van der Waals surface area (Å²) in [5.41, 5.74) is 0.638. The van der Waals surface area contributed by atoms with Gasteiger partial charge in [-0.25, -0.2) is 0 Å². The maximum absolute atomic E-state index is 11.6. The molecule has 0 fully saturated rings. The Morgan fingerprint density at radius 1 is 0.741 bits per heavy atom. The van der Waals surface area contributed by atoms with Gasteiger partial charge in [-0.15, -0.1) is 0 Å². The Balaban J connectivity index is 2.29. The molecular weight excluding hydrogens is 388 g/mol. The minimum atomic E-state index is -4.37. The fourth-order valence-electron chi connectivity index (χ4n) is 3.17. The van der Waals surface area contributed by atoms with Gasteiger partial charge in [-0.1, -0.05) is 51.5 Å². The van der Waals surface area contributed by atoms with Crippen molar-refractivity contribution in [3.05, 3.63) is 35.9 Å². The van der Waals surface area contributed by atoms with Crippen LogP contribution in [-0.2, 0) is 26.7 Å². The molecule has 2 aromatic carbocycles. The minimum Gasteiger partial charge on any atom is -0.282 e. The van der Waals surface area contributed by atoms with Crippen molar-refractivity contribution in [1.29, 1.82) is 0 Å². The average molecular weight is 415 g/mol. The van der Waals surface area contributed by atoms with Crippen molar-refractivity contribution < 1.29 is 25.9 Å². The van der Waals surface area contributed by atoms with E-state index in [-0.39, 0.29) is 9.79 Å². The van der Waals surface area contributed by atoms with E-state index >= 15 is 0 Å². The lowest BCUT2D eigenvalue weighted by atomic mass is 9.99. The van der Waals surface area contributed by atoms with Crippen LogP contribution >= 0.6 is 0 Å². The number of rotatable bonds is 10. The zero-order chi connectivity index (χ0) is 20.1. The molecule has 150 valence electrons. The molecule has 0 heterocycles. The van der Waals surface area contributed by atoms with Gasteiger partial charge in [0.1, 0.15) is 0 Å². The first kappa shape index (κ1) is 21.8. The molecule has 27 heavy (non-hydrogen) atoms. The van der Waals surface area contributed by atoms with E-state index in [2.05, 4.69) is 6.92 Å². The molecule has 0 aliphatic rings. The predicted molar refractivity (Wildman–Crippen MR) is 105 cm³/mol. The maximum Gasteiger partial charge on any atom is 0.294 e. The second kappa shape index (κ2) is 9.14. The van der Waals surface area contributed by atoms with Crippen LogP contribution in [0.25, 0.3) is 10.8 Å². The van der Waals surface area contributed by atoms with Crippen LogP contribution in [0.1, 0.15) is 57.4 Å². The lowest BCUT2D eigenvalue weighted by Crippen LogP contribution is -2.02. The summed E-state index contributed by atoms with van der Waals surface area (Å²) >= 11 is 0. The second-order valence-electron chi connectivity index (χ2n) is 6.79. The van der Waals surface area contributed by atoms with Crippen molar-refractivity contribution in [2.75, 3.05) is 0 Å². The van der Waals surface area contributed by atoms with Crippen LogP contribution in [0, 0.1) is 0 Å². The van der Waals surface area contributed by atoms with Gasteiger partial charge in [-0.3, -0.25) is 9.11 Å². The molecule has 2 N–H and O–H groups in total. The van der Waals surface area contributed by atoms with Gasteiger partial charge in [-0.2, -0.15) is 16.8 Å². The Bertz CT molecular complexity index is 994. The van der Waals surface area contributed by atoms with Gasteiger partial charge in [0, 0.05) is 0 Å². The molecule has 0 aliphatic carbocycles. The third-order valence-corrected chi connectivity index (χ3v) is 6.31. The van der Waals surface area contributed by atoms with Crippen LogP contribution < -0.4 is 0 Å². The van der Waals surface area contributed by atoms with Crippen LogP contribution in [0.2, 0.25) is 0 Å². The lowest BCUT2D eigenvalue weighted by Gasteiger charge is -2.10. The van der Waals surface area contributed by atoms with Gasteiger partial charge in [0.25, 0.3) is 20.2 Å². The molecule has 0 aromatic heterocycles. The van der Waals surface area contributed by atoms with E-state index < -0.39 is 20.2 Å². The summed E-state index contributed by atoms with van der Waals surface area (Å²) in [6.45, 7) is 2.16. The SMILES string of the molecule is CCCCCCCCCc1cc(S(=O)(=O)O)cc2ccc(S(=O)(=O)O)cc12. The van der Waals surface area contributed by atoms with Crippen molar-refractivity contribution in [3.8, 4) is 0 Å². The number of fused-ring (bicyclic) bond motifs is 1. The number of aryl methyl sites for hydroxylation is 1. The van der Waals surface area contributed by atoms with Crippen molar-refractivity contribution >= 4 is 31.0 Å². The molecule has 0 spiro atoms. The van der Waals surface area contributed by atoms with E-state index in [4.69, 9.17) is 0 Å². The highest BCUT2D eigenvalue weighted by molar-refractivity contribution is 7.86. The second-order valence-corrected chi connectivity index (χ2v) is 9.63. The molecule has 0 saturated heterocycles. The highest BCUT2D eigenvalue weighted by atomic mass is 32.2. The van der Waals surface area contributed by atoms with Crippen LogP contribution in [-0.4, -0.2) is 25.9 Å². The summed E-state index contributed by atoms with van der Waals surface area (Å²) in [4.78, 5) is -0.456. The standard InChI is InChI=1S/C19H26O6S2/c1-2-3-4-5-6-7-8-9-15-12-18(27(23,24)25)13-16-10-11-17(14-19(15)16)26(20,21)22/h10-14H,2-9H2,1H3,(H,20,21,22)(H,23,24,25). The Hall–Kier alpha value is -1.48. The predicted octanol–water partition coefficient (Wildman–Crippen LogP) is 4.63. The summed E-state index contributed by atoms with van der Waals surface area (Å²) in [6.07, 6.45) is 8.23. The molecule has 0 atom stereocenters. The molecule has 0 radical (unpaired) electrons. The smallest absolute Gasteiger partial charge is 0.282 e. The van der Waals surface area contributed by atoms with Crippen LogP contribution in [0.15, 0.2) is 40.1 Å². The minimum absolute atomic E-state index is 0.215. The molecule has 0 amide bonds. The quantitative estimate of drug-likeness (QED) is 0.433. The Morgan fingerprint density at radius 2 is 1.33 bits per heavy atom. The third kappa shape index (κ3) is 6.27. The van der Waals surface area contributed by atoms with E-state index in [1.165, 1.54) is 49.6 Å². The largest absolute Gasteiger partial charge is 0.294 e. The van der Waals surface area contributed by atoms with Gasteiger partial charge < -0.3 is 0 Å². The lowest BCUT2D eigenvalue weighted by molar-refractivity contribution is 0.480. The van der Waals surface area contributed by atoms with E-state index in [1.807, 2.05) is 0 Å². The summed E-state index contributed by atoms with van der Waals surface area (Å²) in [5.74, 6) is 0. The van der Waals surface area contributed by atoms with Crippen molar-refractivity contribution in [3.63, 3.8) is 0 Å². The monoisotopic (exact) mass is 414 g/mol. The number of unbranched alkanes of at least 4 members (excludes halogenated alkanes) is 6. The Kier molecular flexibility index (Phi) is 7.39. The van der Waals surface area contributed by atoms with Gasteiger partial charge in [0.15, 0.2) is 0 Å². The molecule has 0 bridgehead atoms. The Labute approximate surface area is 161 Å². The molecule has 0 saturated carbocycles. The fourth-order valence-corrected chi connectivity index (χ4v) is 4.25. The highest BCUT2D eigenvalue weighted by Crippen LogP contribution is 2.28. The Morgan fingerprint density at radius 3 is 1.93 bits per heavy atom. The summed E-state index contributed by atoms with van der Waals surface area (Å²) in [6, 6.07) is 6.66. The van der Waals surface area contributed by atoms with E-state index in [0.29, 0.717) is 22.8 Å². The molecule has 0 unspecified atom stereocenters. The van der Waals surface area contributed by atoms with Gasteiger partial charge in [0.05, 0.1) is 9.79 Å². The molecule has 2 rings (SSSR count). The number of benzene rings is 2. The van der Waals surface area contributed by atoms with Crippen LogP contribution in [0.4, 0.5) is 0 Å². The molecule has 0 aliphatic heterocycles. The molecule has 2 aromatic rings. The first-order chi connectivity index (χ1) is 12.6. The number of hydrogen-bond donors (Lipinski definition) is 2. The molecule has 8 heteroatoms. The van der Waals surface area contributed by atoms with Gasteiger partial charge in [0.2, 0.25) is 0 Å².